The molecular weight excluding hydrogens is 202 g/mol. The molecule has 2 heterocycles. The Labute approximate surface area is 86.8 Å². The zero-order valence-electron chi connectivity index (χ0n) is 8.27. The van der Waals surface area contributed by atoms with Crippen molar-refractivity contribution in [2.24, 2.45) is 0 Å². The third kappa shape index (κ3) is 2.04. The van der Waals surface area contributed by atoms with Crippen LogP contribution in [0.25, 0.3) is 0 Å². The average Bonchev–Trinajstić information content (AvgIpc) is 2.43. The molecule has 15 heavy (non-hydrogen) atoms. The van der Waals surface area contributed by atoms with Gasteiger partial charge < -0.3 is 14.6 Å². The Morgan fingerprint density at radius 3 is 2.73 bits per heavy atom. The van der Waals surface area contributed by atoms with Crippen molar-refractivity contribution >= 4 is 12.1 Å². The second kappa shape index (κ2) is 3.69. The molecule has 0 aromatic heterocycles. The van der Waals surface area contributed by atoms with Gasteiger partial charge in [-0.2, -0.15) is 0 Å². The third-order valence-corrected chi connectivity index (χ3v) is 2.77. The van der Waals surface area contributed by atoms with Crippen LogP contribution in [0.4, 0.5) is 4.79 Å². The topological polar surface area (TPSA) is 76.1 Å². The van der Waals surface area contributed by atoms with Crippen molar-refractivity contribution in [3.8, 4) is 0 Å². The Balaban J connectivity index is 2.01. The van der Waals surface area contributed by atoms with Crippen molar-refractivity contribution in [3.63, 3.8) is 0 Å². The molecule has 0 aromatic carbocycles. The van der Waals surface area contributed by atoms with Crippen LogP contribution in [0.2, 0.25) is 0 Å². The van der Waals surface area contributed by atoms with Gasteiger partial charge in [-0.15, -0.1) is 0 Å². The quantitative estimate of drug-likeness (QED) is 0.705. The maximum absolute atomic E-state index is 11.4. The summed E-state index contributed by atoms with van der Waals surface area (Å²) >= 11 is 0. The first-order chi connectivity index (χ1) is 7.11. The molecule has 1 spiro atoms. The van der Waals surface area contributed by atoms with Gasteiger partial charge in [0, 0.05) is 12.8 Å². The highest BCUT2D eigenvalue weighted by Crippen LogP contribution is 2.31. The molecule has 0 aliphatic carbocycles. The summed E-state index contributed by atoms with van der Waals surface area (Å²) in [4.78, 5) is 23.1. The first-order valence-electron chi connectivity index (χ1n) is 4.89. The number of ether oxygens (including phenoxy) is 2. The van der Waals surface area contributed by atoms with Crippen LogP contribution in [0.5, 0.6) is 0 Å². The molecule has 6 nitrogen and oxygen atoms in total. The van der Waals surface area contributed by atoms with Crippen LogP contribution in [0, 0.1) is 0 Å². The number of carboxylic acids is 1. The Hall–Kier alpha value is -1.30. The molecule has 2 fully saturated rings. The number of carboxylic acid groups (broad SMARTS) is 1. The van der Waals surface area contributed by atoms with E-state index in [0.29, 0.717) is 32.6 Å². The summed E-state index contributed by atoms with van der Waals surface area (Å²) in [6.07, 6.45) is 0.767. The van der Waals surface area contributed by atoms with Crippen molar-refractivity contribution in [1.82, 2.24) is 4.90 Å². The summed E-state index contributed by atoms with van der Waals surface area (Å²) in [5, 5.41) is 8.60. The van der Waals surface area contributed by atoms with E-state index in [1.807, 2.05) is 0 Å². The van der Waals surface area contributed by atoms with Crippen LogP contribution in [0.1, 0.15) is 12.8 Å². The maximum atomic E-state index is 11.4. The zero-order valence-corrected chi connectivity index (χ0v) is 8.27. The van der Waals surface area contributed by atoms with E-state index in [0.717, 1.165) is 0 Å². The van der Waals surface area contributed by atoms with Gasteiger partial charge in [-0.1, -0.05) is 0 Å². The molecule has 2 rings (SSSR count). The van der Waals surface area contributed by atoms with Gasteiger partial charge in [0.2, 0.25) is 0 Å². The Morgan fingerprint density at radius 1 is 1.47 bits per heavy atom. The highest BCUT2D eigenvalue weighted by Gasteiger charge is 2.46. The summed E-state index contributed by atoms with van der Waals surface area (Å²) < 4.78 is 10.4. The summed E-state index contributed by atoms with van der Waals surface area (Å²) in [6, 6.07) is 0. The van der Waals surface area contributed by atoms with Gasteiger partial charge >= 0.3 is 12.1 Å². The molecule has 0 atom stereocenters. The monoisotopic (exact) mass is 215 g/mol. The van der Waals surface area contributed by atoms with Gasteiger partial charge in [0.05, 0.1) is 19.8 Å². The minimum Gasteiger partial charge on any atom is -0.480 e. The number of amides is 1. The van der Waals surface area contributed by atoms with Gasteiger partial charge in [-0.3, -0.25) is 9.69 Å². The second-order valence-electron chi connectivity index (χ2n) is 3.91. The fourth-order valence-electron chi connectivity index (χ4n) is 1.98. The summed E-state index contributed by atoms with van der Waals surface area (Å²) in [5.41, 5.74) is -0.509. The molecule has 1 amide bonds. The first-order valence-corrected chi connectivity index (χ1v) is 4.89. The van der Waals surface area contributed by atoms with Gasteiger partial charge in [-0.25, -0.2) is 4.79 Å². The standard InChI is InChI=1S/C9H13NO5/c11-7(12)5-10-6-9(15-8(10)13)1-3-14-4-2-9/h1-6H2,(H,11,12). The highest BCUT2D eigenvalue weighted by molar-refractivity contribution is 5.78. The van der Waals surface area contributed by atoms with Crippen LogP contribution in [-0.4, -0.2) is 54.0 Å². The largest absolute Gasteiger partial charge is 0.480 e. The Kier molecular flexibility index (Phi) is 2.52. The van der Waals surface area contributed by atoms with E-state index in [2.05, 4.69) is 0 Å². The van der Waals surface area contributed by atoms with E-state index in [-0.39, 0.29) is 6.54 Å². The molecule has 84 valence electrons. The van der Waals surface area contributed by atoms with Crippen LogP contribution in [-0.2, 0) is 14.3 Å². The smallest absolute Gasteiger partial charge is 0.411 e. The summed E-state index contributed by atoms with van der Waals surface area (Å²) in [5.74, 6) is -1.02. The zero-order chi connectivity index (χ0) is 10.9. The minimum absolute atomic E-state index is 0.290. The molecule has 2 aliphatic rings. The number of nitrogens with zero attached hydrogens (tertiary/aromatic N) is 1. The second-order valence-corrected chi connectivity index (χ2v) is 3.91. The van der Waals surface area contributed by atoms with Crippen molar-refractivity contribution in [3.05, 3.63) is 0 Å². The molecule has 6 heteroatoms. The predicted molar refractivity (Wildman–Crippen MR) is 48.5 cm³/mol. The van der Waals surface area contributed by atoms with Gasteiger partial charge in [-0.05, 0) is 0 Å². The molecule has 2 saturated heterocycles. The van der Waals surface area contributed by atoms with Gasteiger partial charge in [0.15, 0.2) is 0 Å². The van der Waals surface area contributed by atoms with Crippen LogP contribution in [0.15, 0.2) is 0 Å². The fraction of sp³-hybridized carbons (Fsp3) is 0.778. The number of aliphatic carboxylic acids is 1. The summed E-state index contributed by atoms with van der Waals surface area (Å²) in [6.45, 7) is 1.20. The molecule has 0 unspecified atom stereocenters. The number of hydrogen-bond acceptors (Lipinski definition) is 4. The molecular formula is C9H13NO5. The molecule has 0 bridgehead atoms. The average molecular weight is 215 g/mol. The Morgan fingerprint density at radius 2 is 2.13 bits per heavy atom. The van der Waals surface area contributed by atoms with Gasteiger partial charge in [0.1, 0.15) is 12.1 Å². The number of carbonyl (C=O) groups excluding carboxylic acids is 1. The van der Waals surface area contributed by atoms with Crippen molar-refractivity contribution < 1.29 is 24.2 Å². The normalized spacial score (nSPS) is 24.3. The van der Waals surface area contributed by atoms with Gasteiger partial charge in [0.25, 0.3) is 0 Å². The lowest BCUT2D eigenvalue weighted by Gasteiger charge is -2.30. The first kappa shape index (κ1) is 10.2. The number of rotatable bonds is 2. The maximum Gasteiger partial charge on any atom is 0.411 e. The van der Waals surface area contributed by atoms with Crippen molar-refractivity contribution in [1.29, 1.82) is 0 Å². The SMILES string of the molecule is O=C(O)CN1CC2(CCOCC2)OC1=O. The van der Waals surface area contributed by atoms with Crippen molar-refractivity contribution in [2.75, 3.05) is 26.3 Å². The van der Waals surface area contributed by atoms with E-state index >= 15 is 0 Å². The lowest BCUT2D eigenvalue weighted by Crippen LogP contribution is -2.41. The fourth-order valence-corrected chi connectivity index (χ4v) is 1.98. The number of hydrogen-bond donors (Lipinski definition) is 1. The molecule has 1 N–H and O–H groups in total. The van der Waals surface area contributed by atoms with E-state index in [4.69, 9.17) is 14.6 Å². The predicted octanol–water partition coefficient (Wildman–Crippen LogP) is 0.0724. The summed E-state index contributed by atoms with van der Waals surface area (Å²) in [7, 11) is 0. The number of carbonyl (C=O) groups is 2. The third-order valence-electron chi connectivity index (χ3n) is 2.77. The molecule has 0 radical (unpaired) electrons. The minimum atomic E-state index is -1.02. The van der Waals surface area contributed by atoms with Crippen LogP contribution >= 0.6 is 0 Å². The van der Waals surface area contributed by atoms with E-state index < -0.39 is 17.7 Å². The highest BCUT2D eigenvalue weighted by atomic mass is 16.6. The lowest BCUT2D eigenvalue weighted by molar-refractivity contribution is -0.137. The van der Waals surface area contributed by atoms with Crippen LogP contribution < -0.4 is 0 Å². The lowest BCUT2D eigenvalue weighted by atomic mass is 9.94. The van der Waals surface area contributed by atoms with Crippen LogP contribution in [0.3, 0.4) is 0 Å². The van der Waals surface area contributed by atoms with Crippen molar-refractivity contribution in [2.45, 2.75) is 18.4 Å². The van der Waals surface area contributed by atoms with E-state index in [1.54, 1.807) is 0 Å². The van der Waals surface area contributed by atoms with E-state index in [9.17, 15) is 9.59 Å². The molecule has 2 aliphatic heterocycles. The molecule has 0 aromatic rings. The van der Waals surface area contributed by atoms with E-state index in [1.165, 1.54) is 4.90 Å². The molecule has 0 saturated carbocycles. The Bertz CT molecular complexity index is 284.